The van der Waals surface area contributed by atoms with Crippen LogP contribution in [0.25, 0.3) is 0 Å². The molecule has 0 fully saturated rings. The quantitative estimate of drug-likeness (QED) is 0.503. The Morgan fingerprint density at radius 2 is 1.61 bits per heavy atom. The number of nitrogens with zero attached hydrogens (tertiary/aromatic N) is 1. The van der Waals surface area contributed by atoms with Crippen molar-refractivity contribution in [1.29, 1.82) is 0 Å². The molecule has 1 heterocycles. The first-order valence-corrected chi connectivity index (χ1v) is 10.7. The molecular formula is C25H23NO5. The van der Waals surface area contributed by atoms with Crippen LogP contribution in [0.5, 0.6) is 11.5 Å². The van der Waals surface area contributed by atoms with Gasteiger partial charge in [-0.05, 0) is 25.7 Å². The molecule has 1 atom stereocenters. The van der Waals surface area contributed by atoms with Gasteiger partial charge in [-0.2, -0.15) is 0 Å². The van der Waals surface area contributed by atoms with E-state index in [4.69, 9.17) is 0 Å². The van der Waals surface area contributed by atoms with Gasteiger partial charge < -0.3 is 10.2 Å². The monoisotopic (exact) mass is 417 g/mol. The summed E-state index contributed by atoms with van der Waals surface area (Å²) >= 11 is 0. The minimum absolute atomic E-state index is 0.102. The van der Waals surface area contributed by atoms with Crippen LogP contribution in [0.4, 0.5) is 0 Å². The highest BCUT2D eigenvalue weighted by atomic mass is 16.3. The van der Waals surface area contributed by atoms with E-state index < -0.39 is 11.6 Å². The van der Waals surface area contributed by atoms with Crippen LogP contribution in [0.2, 0.25) is 0 Å². The van der Waals surface area contributed by atoms with Crippen molar-refractivity contribution in [1.82, 2.24) is 4.90 Å². The molecule has 2 aromatic rings. The highest BCUT2D eigenvalue weighted by molar-refractivity contribution is 6.30. The number of benzene rings is 2. The fourth-order valence-electron chi connectivity index (χ4n) is 5.03. The van der Waals surface area contributed by atoms with Gasteiger partial charge in [0.05, 0.1) is 17.7 Å². The standard InChI is InChI=1S/C25H23NO5/c27-19(13-26-10-4-1-5-11-26)14-8-9-17-18(12-14)25(31)21-20(24(17)30)22(28)15-6-2-3-7-16(15)23(21)29/h1-4,6-7,14,30-31H,5,8-13H2. The number of fused-ring (bicyclic) bond motifs is 3. The number of phenolic OH excluding ortho intramolecular Hbond substituents is 2. The molecule has 0 aromatic heterocycles. The van der Waals surface area contributed by atoms with Crippen molar-refractivity contribution in [2.24, 2.45) is 5.92 Å². The number of phenols is 2. The van der Waals surface area contributed by atoms with E-state index in [9.17, 15) is 24.6 Å². The Bertz CT molecular complexity index is 1160. The summed E-state index contributed by atoms with van der Waals surface area (Å²) in [5, 5.41) is 21.9. The highest BCUT2D eigenvalue weighted by Crippen LogP contribution is 2.46. The van der Waals surface area contributed by atoms with Crippen molar-refractivity contribution < 1.29 is 24.6 Å². The Balaban J connectivity index is 1.51. The summed E-state index contributed by atoms with van der Waals surface area (Å²) in [7, 11) is 0. The van der Waals surface area contributed by atoms with Crippen LogP contribution >= 0.6 is 0 Å². The van der Waals surface area contributed by atoms with E-state index in [2.05, 4.69) is 17.1 Å². The van der Waals surface area contributed by atoms with Crippen LogP contribution < -0.4 is 0 Å². The largest absolute Gasteiger partial charge is 0.507 e. The van der Waals surface area contributed by atoms with Gasteiger partial charge in [0.25, 0.3) is 0 Å². The molecule has 1 aliphatic heterocycles. The third-order valence-corrected chi connectivity index (χ3v) is 6.70. The smallest absolute Gasteiger partial charge is 0.198 e. The minimum Gasteiger partial charge on any atom is -0.507 e. The van der Waals surface area contributed by atoms with E-state index >= 15 is 0 Å². The number of hydrogen-bond donors (Lipinski definition) is 2. The first-order valence-electron chi connectivity index (χ1n) is 10.7. The molecule has 0 saturated carbocycles. The van der Waals surface area contributed by atoms with Crippen molar-refractivity contribution in [2.45, 2.75) is 25.7 Å². The molecule has 3 aliphatic rings. The van der Waals surface area contributed by atoms with E-state index in [1.165, 1.54) is 0 Å². The molecule has 2 N–H and O–H groups in total. The Kier molecular flexibility index (Phi) is 4.74. The van der Waals surface area contributed by atoms with Crippen LogP contribution in [0.3, 0.4) is 0 Å². The maximum atomic E-state index is 13.1. The number of hydrogen-bond acceptors (Lipinski definition) is 6. The van der Waals surface area contributed by atoms with E-state index in [0.717, 1.165) is 19.5 Å². The van der Waals surface area contributed by atoms with Crippen molar-refractivity contribution in [3.8, 4) is 11.5 Å². The van der Waals surface area contributed by atoms with Crippen LogP contribution in [0.1, 0.15) is 55.8 Å². The summed E-state index contributed by atoms with van der Waals surface area (Å²) in [5.41, 5.74) is 1.08. The SMILES string of the molecule is O=C1c2ccccc2C(=O)c2c(O)c3c(c(O)c21)CCC(C(=O)CN1CC=CCC1)C3. The zero-order valence-corrected chi connectivity index (χ0v) is 17.1. The molecule has 0 saturated heterocycles. The lowest BCUT2D eigenvalue weighted by atomic mass is 9.75. The number of rotatable bonds is 3. The molecule has 0 bridgehead atoms. The molecule has 31 heavy (non-hydrogen) atoms. The maximum absolute atomic E-state index is 13.1. The maximum Gasteiger partial charge on any atom is 0.198 e. The van der Waals surface area contributed by atoms with E-state index in [1.807, 2.05) is 0 Å². The van der Waals surface area contributed by atoms with Gasteiger partial charge in [0.1, 0.15) is 17.3 Å². The second-order valence-corrected chi connectivity index (χ2v) is 8.51. The predicted molar refractivity (Wildman–Crippen MR) is 114 cm³/mol. The Hall–Kier alpha value is -3.25. The second-order valence-electron chi connectivity index (χ2n) is 8.51. The first-order chi connectivity index (χ1) is 15.0. The average Bonchev–Trinajstić information content (AvgIpc) is 2.80. The lowest BCUT2D eigenvalue weighted by molar-refractivity contribution is -0.124. The molecule has 1 unspecified atom stereocenters. The predicted octanol–water partition coefficient (Wildman–Crippen LogP) is 2.81. The van der Waals surface area contributed by atoms with Gasteiger partial charge in [-0.1, -0.05) is 36.4 Å². The third-order valence-electron chi connectivity index (χ3n) is 6.70. The molecule has 158 valence electrons. The first kappa shape index (κ1) is 19.7. The number of Topliss-reactive ketones (excluding diaryl/α,β-unsaturated/α-hetero) is 1. The van der Waals surface area contributed by atoms with Gasteiger partial charge in [-0.25, -0.2) is 0 Å². The molecular weight excluding hydrogens is 394 g/mol. The number of carbonyl (C=O) groups is 3. The Morgan fingerprint density at radius 3 is 2.23 bits per heavy atom. The molecule has 2 aliphatic carbocycles. The van der Waals surface area contributed by atoms with E-state index in [0.29, 0.717) is 30.5 Å². The lowest BCUT2D eigenvalue weighted by Crippen LogP contribution is -2.37. The summed E-state index contributed by atoms with van der Waals surface area (Å²) in [6.07, 6.45) is 6.27. The second kappa shape index (κ2) is 7.46. The van der Waals surface area contributed by atoms with Crippen molar-refractivity contribution in [3.63, 3.8) is 0 Å². The molecule has 0 spiro atoms. The minimum atomic E-state index is -0.477. The van der Waals surface area contributed by atoms with Crippen LogP contribution in [0.15, 0.2) is 36.4 Å². The van der Waals surface area contributed by atoms with Crippen LogP contribution in [-0.2, 0) is 17.6 Å². The van der Waals surface area contributed by atoms with Gasteiger partial charge in [0.2, 0.25) is 0 Å². The van der Waals surface area contributed by atoms with Crippen molar-refractivity contribution in [3.05, 3.63) is 69.8 Å². The Labute approximate surface area is 179 Å². The van der Waals surface area contributed by atoms with E-state index in [1.54, 1.807) is 24.3 Å². The zero-order chi connectivity index (χ0) is 21.7. The van der Waals surface area contributed by atoms with Gasteiger partial charge in [-0.3, -0.25) is 19.3 Å². The summed E-state index contributed by atoms with van der Waals surface area (Å²) in [4.78, 5) is 41.1. The fraction of sp³-hybridized carbons (Fsp3) is 0.320. The van der Waals surface area contributed by atoms with Gasteiger partial charge in [0, 0.05) is 41.3 Å². The molecule has 6 nitrogen and oxygen atoms in total. The van der Waals surface area contributed by atoms with Gasteiger partial charge in [-0.15, -0.1) is 0 Å². The van der Waals surface area contributed by atoms with Gasteiger partial charge in [0.15, 0.2) is 11.6 Å². The number of carbonyl (C=O) groups excluding carboxylic acids is 3. The average molecular weight is 417 g/mol. The number of ketones is 3. The van der Waals surface area contributed by atoms with Crippen molar-refractivity contribution >= 4 is 17.3 Å². The molecule has 6 heteroatoms. The fourth-order valence-corrected chi connectivity index (χ4v) is 5.03. The normalized spacial score (nSPS) is 20.2. The van der Waals surface area contributed by atoms with Crippen LogP contribution in [-0.4, -0.2) is 52.1 Å². The molecule has 5 rings (SSSR count). The summed E-state index contributed by atoms with van der Waals surface area (Å²) in [6, 6.07) is 6.43. The number of aromatic hydroxyl groups is 2. The van der Waals surface area contributed by atoms with Crippen LogP contribution in [0, 0.1) is 5.92 Å². The van der Waals surface area contributed by atoms with Crippen molar-refractivity contribution in [2.75, 3.05) is 19.6 Å². The Morgan fingerprint density at radius 1 is 0.968 bits per heavy atom. The summed E-state index contributed by atoms with van der Waals surface area (Å²) < 4.78 is 0. The molecule has 0 radical (unpaired) electrons. The lowest BCUT2D eigenvalue weighted by Gasteiger charge is -2.30. The highest BCUT2D eigenvalue weighted by Gasteiger charge is 2.39. The molecule has 2 aromatic carbocycles. The third kappa shape index (κ3) is 3.10. The topological polar surface area (TPSA) is 94.9 Å². The summed E-state index contributed by atoms with van der Waals surface area (Å²) in [5.74, 6) is -1.63. The van der Waals surface area contributed by atoms with Gasteiger partial charge >= 0.3 is 0 Å². The molecule has 0 amide bonds. The van der Waals surface area contributed by atoms with E-state index in [-0.39, 0.29) is 51.9 Å². The summed E-state index contributed by atoms with van der Waals surface area (Å²) in [6.45, 7) is 1.96. The zero-order valence-electron chi connectivity index (χ0n) is 17.1.